The number of rotatable bonds is 0. The van der Waals surface area contributed by atoms with Crippen molar-refractivity contribution >= 4 is 74.2 Å². The third-order valence-electron chi connectivity index (χ3n) is 0. The van der Waals surface area contributed by atoms with Gasteiger partial charge in [-0.05, 0) is 0 Å². The van der Waals surface area contributed by atoms with Gasteiger partial charge in [0, 0.05) is 17.1 Å². The van der Waals surface area contributed by atoms with E-state index in [4.69, 9.17) is 17.5 Å². The summed E-state index contributed by atoms with van der Waals surface area (Å²) in [5.74, 6) is 0. The van der Waals surface area contributed by atoms with Gasteiger partial charge in [-0.1, -0.05) is 0 Å². The van der Waals surface area contributed by atoms with Crippen LogP contribution >= 0.6 is 12.4 Å². The topological polar surface area (TPSA) is 74.6 Å². The van der Waals surface area contributed by atoms with Crippen LogP contribution in [0.5, 0.6) is 0 Å². The molecule has 0 aromatic heterocycles. The molecule has 0 aromatic rings. The van der Waals surface area contributed by atoms with E-state index in [1.807, 2.05) is 0 Å². The SMILES string of the molecule is Cl.O=S(=O)(O)O.[KH].[Mn]. The Bertz CT molecular complexity index is 99.2. The number of hydrogen-bond donors (Lipinski definition) is 2. The van der Waals surface area contributed by atoms with Crippen molar-refractivity contribution in [3.05, 3.63) is 0 Å². The summed E-state index contributed by atoms with van der Waals surface area (Å²) in [6, 6.07) is 0. The minimum atomic E-state index is -4.67. The first-order valence-electron chi connectivity index (χ1n) is 0.698. The molecule has 0 heterocycles. The van der Waals surface area contributed by atoms with E-state index < -0.39 is 10.4 Å². The number of hydrogen-bond acceptors (Lipinski definition) is 2. The van der Waals surface area contributed by atoms with Crippen molar-refractivity contribution in [2.75, 3.05) is 0 Å². The average Bonchev–Trinajstić information content (AvgIpc) is 0.722. The van der Waals surface area contributed by atoms with Crippen LogP contribution in [-0.2, 0) is 27.5 Å². The molecule has 0 aliphatic heterocycles. The van der Waals surface area contributed by atoms with Gasteiger partial charge in [-0.2, -0.15) is 8.42 Å². The number of halogens is 1. The monoisotopic (exact) mass is 229 g/mol. The Morgan fingerprint density at radius 3 is 1.12 bits per heavy atom. The standard InChI is InChI=1S/ClH.K.Mn.H2O4S.H/c;;;1-5(2,3)4;/h1H;;;(H2,1,2,3,4);. The predicted octanol–water partition coefficient (Wildman–Crippen LogP) is -0.882. The van der Waals surface area contributed by atoms with Crippen LogP contribution < -0.4 is 0 Å². The summed E-state index contributed by atoms with van der Waals surface area (Å²) < 4.78 is 31.6. The maximum Gasteiger partial charge on any atom is 0 e. The fourth-order valence-corrected chi connectivity index (χ4v) is 0. The quantitative estimate of drug-likeness (QED) is 0.418. The molecule has 4 nitrogen and oxygen atoms in total. The molecule has 8 heavy (non-hydrogen) atoms. The molecule has 0 aliphatic rings. The molecule has 0 bridgehead atoms. The van der Waals surface area contributed by atoms with Crippen molar-refractivity contribution in [1.29, 1.82) is 0 Å². The van der Waals surface area contributed by atoms with Crippen molar-refractivity contribution in [2.45, 2.75) is 0 Å². The predicted molar refractivity (Wildman–Crippen MR) is 28.6 cm³/mol. The molecule has 0 aromatic carbocycles. The fraction of sp³-hybridized carbons (Fsp3) is 0. The van der Waals surface area contributed by atoms with E-state index in [1.54, 1.807) is 0 Å². The Morgan fingerprint density at radius 1 is 1.12 bits per heavy atom. The van der Waals surface area contributed by atoms with Crippen molar-refractivity contribution in [1.82, 2.24) is 0 Å². The van der Waals surface area contributed by atoms with Gasteiger partial charge in [0.15, 0.2) is 0 Å². The first kappa shape index (κ1) is 22.4. The molecule has 0 saturated heterocycles. The van der Waals surface area contributed by atoms with E-state index in [1.165, 1.54) is 0 Å². The molecular formula is H4ClKMnO4S. The Labute approximate surface area is 107 Å². The van der Waals surface area contributed by atoms with Crippen LogP contribution in [0.1, 0.15) is 0 Å². The maximum atomic E-state index is 8.74. The summed E-state index contributed by atoms with van der Waals surface area (Å²) in [6.45, 7) is 0. The zero-order chi connectivity index (χ0) is 4.50. The molecule has 2 N–H and O–H groups in total. The minimum absolute atomic E-state index is 0. The molecular weight excluding hydrogens is 226 g/mol. The van der Waals surface area contributed by atoms with Crippen molar-refractivity contribution in [2.24, 2.45) is 0 Å². The second-order valence-electron chi connectivity index (χ2n) is 0.448. The summed E-state index contributed by atoms with van der Waals surface area (Å²) in [7, 11) is -4.67. The molecule has 0 spiro atoms. The van der Waals surface area contributed by atoms with Crippen LogP contribution in [-0.4, -0.2) is 68.9 Å². The van der Waals surface area contributed by atoms with E-state index in [0.717, 1.165) is 0 Å². The molecule has 0 aliphatic carbocycles. The third-order valence-corrected chi connectivity index (χ3v) is 0. The molecule has 0 rings (SSSR count). The molecule has 0 atom stereocenters. The molecule has 0 fully saturated rings. The smallest absolute Gasteiger partial charge is 0 e. The fourth-order valence-electron chi connectivity index (χ4n) is 0. The van der Waals surface area contributed by atoms with Gasteiger partial charge in [0.05, 0.1) is 0 Å². The summed E-state index contributed by atoms with van der Waals surface area (Å²) in [4.78, 5) is 0. The molecule has 49 valence electrons. The molecule has 0 unspecified atom stereocenters. The van der Waals surface area contributed by atoms with Crippen molar-refractivity contribution < 1.29 is 34.6 Å². The zero-order valence-electron chi connectivity index (χ0n) is 2.91. The van der Waals surface area contributed by atoms with Gasteiger partial charge < -0.3 is 0 Å². The Balaban J connectivity index is -0.0000000267. The van der Waals surface area contributed by atoms with Crippen LogP contribution in [0, 0.1) is 0 Å². The van der Waals surface area contributed by atoms with E-state index in [-0.39, 0.29) is 80.9 Å². The summed E-state index contributed by atoms with van der Waals surface area (Å²) in [5, 5.41) is 0. The summed E-state index contributed by atoms with van der Waals surface area (Å²) in [5.41, 5.74) is 0. The third kappa shape index (κ3) is 83.0. The van der Waals surface area contributed by atoms with E-state index in [0.29, 0.717) is 0 Å². The Hall–Kier alpha value is 2.32. The molecule has 0 saturated carbocycles. The van der Waals surface area contributed by atoms with E-state index in [2.05, 4.69) is 0 Å². The summed E-state index contributed by atoms with van der Waals surface area (Å²) in [6.07, 6.45) is 0. The van der Waals surface area contributed by atoms with Gasteiger partial charge >= 0.3 is 61.8 Å². The second kappa shape index (κ2) is 9.32. The maximum absolute atomic E-state index is 8.74. The first-order valence-corrected chi connectivity index (χ1v) is 2.10. The van der Waals surface area contributed by atoms with Crippen molar-refractivity contribution in [3.63, 3.8) is 0 Å². The average molecular weight is 230 g/mol. The Kier molecular flexibility index (Phi) is 26.1. The minimum Gasteiger partial charge on any atom is 0 e. The Morgan fingerprint density at radius 2 is 1.12 bits per heavy atom. The largest absolute Gasteiger partial charge is 0 e. The van der Waals surface area contributed by atoms with Crippen LogP contribution in [0.15, 0.2) is 0 Å². The van der Waals surface area contributed by atoms with Gasteiger partial charge in [-0.15, -0.1) is 12.4 Å². The van der Waals surface area contributed by atoms with Crippen molar-refractivity contribution in [3.8, 4) is 0 Å². The van der Waals surface area contributed by atoms with Crippen LogP contribution in [0.25, 0.3) is 0 Å². The zero-order valence-corrected chi connectivity index (χ0v) is 5.72. The molecule has 8 heteroatoms. The molecule has 1 radical (unpaired) electrons. The van der Waals surface area contributed by atoms with Gasteiger partial charge in [0.2, 0.25) is 0 Å². The van der Waals surface area contributed by atoms with Gasteiger partial charge in [-0.25, -0.2) is 0 Å². The van der Waals surface area contributed by atoms with E-state index >= 15 is 0 Å². The summed E-state index contributed by atoms with van der Waals surface area (Å²) >= 11 is 0. The first-order chi connectivity index (χ1) is 2.00. The van der Waals surface area contributed by atoms with E-state index in [9.17, 15) is 0 Å². The van der Waals surface area contributed by atoms with Gasteiger partial charge in [0.25, 0.3) is 0 Å². The van der Waals surface area contributed by atoms with Gasteiger partial charge in [-0.3, -0.25) is 9.11 Å². The van der Waals surface area contributed by atoms with Crippen LogP contribution in [0.4, 0.5) is 0 Å². The van der Waals surface area contributed by atoms with Gasteiger partial charge in [0.1, 0.15) is 0 Å². The normalized spacial score (nSPS) is 7.25. The van der Waals surface area contributed by atoms with Crippen LogP contribution in [0.3, 0.4) is 0 Å². The molecule has 0 amide bonds. The van der Waals surface area contributed by atoms with Crippen LogP contribution in [0.2, 0.25) is 0 Å². The second-order valence-corrected chi connectivity index (χ2v) is 1.34.